The lowest BCUT2D eigenvalue weighted by atomic mass is 10.3. The van der Waals surface area contributed by atoms with E-state index in [0.717, 1.165) is 5.69 Å². The Balaban J connectivity index is 1.96. The summed E-state index contributed by atoms with van der Waals surface area (Å²) in [5.41, 5.74) is 0.958. The molecule has 0 atom stereocenters. The zero-order valence-electron chi connectivity index (χ0n) is 7.51. The number of anilines is 1. The fourth-order valence-corrected chi connectivity index (χ4v) is 1.03. The van der Waals surface area contributed by atoms with E-state index in [0.29, 0.717) is 12.5 Å². The van der Waals surface area contributed by atoms with Crippen LogP contribution in [0.15, 0.2) is 36.7 Å². The van der Waals surface area contributed by atoms with Crippen LogP contribution in [0.25, 0.3) is 0 Å². The molecule has 4 heteroatoms. The molecule has 69 valence electrons. The van der Waals surface area contributed by atoms with Crippen molar-refractivity contribution in [1.82, 2.24) is 15.0 Å². The van der Waals surface area contributed by atoms with E-state index in [1.807, 2.05) is 18.2 Å². The van der Waals surface area contributed by atoms with Crippen LogP contribution in [0.3, 0.4) is 0 Å². The van der Waals surface area contributed by atoms with Gasteiger partial charge in [-0.2, -0.15) is 0 Å². The Kier molecular flexibility index (Phi) is 2.66. The van der Waals surface area contributed by atoms with Gasteiger partial charge in [-0.15, -0.1) is 0 Å². The van der Waals surface area contributed by atoms with E-state index in [1.54, 1.807) is 18.5 Å². The molecule has 0 spiro atoms. The van der Waals surface area contributed by atoms with Gasteiger partial charge in [0, 0.05) is 12.4 Å². The number of aromatic nitrogens is 3. The lowest BCUT2D eigenvalue weighted by Crippen LogP contribution is -2.03. The van der Waals surface area contributed by atoms with Crippen molar-refractivity contribution in [2.24, 2.45) is 0 Å². The van der Waals surface area contributed by atoms with Gasteiger partial charge in [0.15, 0.2) is 0 Å². The normalized spacial score (nSPS) is 9.71. The summed E-state index contributed by atoms with van der Waals surface area (Å²) in [7, 11) is 0. The second-order valence-corrected chi connectivity index (χ2v) is 2.68. The average Bonchev–Trinajstić information content (AvgIpc) is 2.29. The molecule has 2 rings (SSSR count). The molecule has 0 fully saturated rings. The second-order valence-electron chi connectivity index (χ2n) is 2.68. The van der Waals surface area contributed by atoms with Gasteiger partial charge in [-0.25, -0.2) is 9.97 Å². The van der Waals surface area contributed by atoms with Crippen molar-refractivity contribution in [1.29, 1.82) is 0 Å². The highest BCUT2D eigenvalue weighted by Gasteiger charge is 1.94. The molecule has 14 heavy (non-hydrogen) atoms. The predicted molar refractivity (Wildman–Crippen MR) is 52.4 cm³/mol. The zero-order valence-corrected chi connectivity index (χ0v) is 7.51. The highest BCUT2D eigenvalue weighted by Crippen LogP contribution is 1.98. The SMILES string of the molecule is [c]1ccnc(NCc2ccccn2)n1. The first-order chi connectivity index (χ1) is 6.95. The van der Waals surface area contributed by atoms with E-state index in [1.165, 1.54) is 0 Å². The highest BCUT2D eigenvalue weighted by atomic mass is 15.1. The maximum absolute atomic E-state index is 4.17. The topological polar surface area (TPSA) is 50.7 Å². The molecule has 0 saturated heterocycles. The molecule has 0 amide bonds. The molecule has 0 aromatic carbocycles. The standard InChI is InChI=1S/C10H9N4/c1-2-5-11-9(4-1)8-14-10-12-6-3-7-13-10/h1-6H,8H2,(H,12,13,14). The molecule has 2 aromatic heterocycles. The molecule has 0 aliphatic rings. The Bertz CT molecular complexity index is 334. The smallest absolute Gasteiger partial charge is 0.223 e. The third-order valence-corrected chi connectivity index (χ3v) is 1.67. The number of nitrogens with one attached hydrogen (secondary N) is 1. The molecule has 1 radical (unpaired) electrons. The highest BCUT2D eigenvalue weighted by molar-refractivity contribution is 5.23. The lowest BCUT2D eigenvalue weighted by Gasteiger charge is -2.02. The Labute approximate surface area is 82.1 Å². The summed E-state index contributed by atoms with van der Waals surface area (Å²) >= 11 is 0. The Morgan fingerprint density at radius 2 is 2.21 bits per heavy atom. The zero-order chi connectivity index (χ0) is 9.64. The van der Waals surface area contributed by atoms with Crippen molar-refractivity contribution < 1.29 is 0 Å². The van der Waals surface area contributed by atoms with Crippen molar-refractivity contribution in [3.05, 3.63) is 48.5 Å². The Morgan fingerprint density at radius 1 is 1.21 bits per heavy atom. The van der Waals surface area contributed by atoms with Crippen LogP contribution in [0.4, 0.5) is 5.95 Å². The van der Waals surface area contributed by atoms with Gasteiger partial charge >= 0.3 is 0 Å². The van der Waals surface area contributed by atoms with Gasteiger partial charge in [0.25, 0.3) is 0 Å². The van der Waals surface area contributed by atoms with Crippen LogP contribution in [-0.2, 0) is 6.54 Å². The number of pyridine rings is 1. The van der Waals surface area contributed by atoms with Crippen molar-refractivity contribution in [2.75, 3.05) is 5.32 Å². The summed E-state index contributed by atoms with van der Waals surface area (Å²) in [6.45, 7) is 0.624. The number of hydrogen-bond acceptors (Lipinski definition) is 4. The summed E-state index contributed by atoms with van der Waals surface area (Å²) in [6, 6.07) is 7.43. The molecule has 2 aromatic rings. The largest absolute Gasteiger partial charge is 0.349 e. The fraction of sp³-hybridized carbons (Fsp3) is 0.100. The number of rotatable bonds is 3. The third kappa shape index (κ3) is 2.26. The molecular formula is C10H9N4. The fourth-order valence-electron chi connectivity index (χ4n) is 1.03. The molecule has 4 nitrogen and oxygen atoms in total. The summed E-state index contributed by atoms with van der Waals surface area (Å²) in [4.78, 5) is 12.1. The van der Waals surface area contributed by atoms with Gasteiger partial charge in [0.2, 0.25) is 5.95 Å². The van der Waals surface area contributed by atoms with Gasteiger partial charge in [-0.3, -0.25) is 4.98 Å². The van der Waals surface area contributed by atoms with Crippen LogP contribution in [0.1, 0.15) is 5.69 Å². The lowest BCUT2D eigenvalue weighted by molar-refractivity contribution is 1.000. The van der Waals surface area contributed by atoms with Crippen molar-refractivity contribution in [2.45, 2.75) is 6.54 Å². The maximum atomic E-state index is 4.17. The van der Waals surface area contributed by atoms with Gasteiger partial charge in [0.05, 0.1) is 18.4 Å². The van der Waals surface area contributed by atoms with E-state index in [2.05, 4.69) is 26.5 Å². The quantitative estimate of drug-likeness (QED) is 0.782. The first-order valence-electron chi connectivity index (χ1n) is 4.28. The molecule has 2 heterocycles. The van der Waals surface area contributed by atoms with Crippen LogP contribution in [0.2, 0.25) is 0 Å². The van der Waals surface area contributed by atoms with E-state index in [-0.39, 0.29) is 0 Å². The minimum Gasteiger partial charge on any atom is -0.349 e. The molecule has 0 bridgehead atoms. The average molecular weight is 185 g/mol. The van der Waals surface area contributed by atoms with Crippen LogP contribution in [0, 0.1) is 6.20 Å². The van der Waals surface area contributed by atoms with Crippen molar-refractivity contribution in [3.8, 4) is 0 Å². The Hall–Kier alpha value is -1.97. The third-order valence-electron chi connectivity index (χ3n) is 1.67. The van der Waals surface area contributed by atoms with Crippen LogP contribution in [0.5, 0.6) is 0 Å². The van der Waals surface area contributed by atoms with Gasteiger partial charge in [0.1, 0.15) is 0 Å². The summed E-state index contributed by atoms with van der Waals surface area (Å²) in [6.07, 6.45) is 6.11. The molecule has 0 aliphatic carbocycles. The van der Waals surface area contributed by atoms with E-state index in [4.69, 9.17) is 0 Å². The molecule has 0 saturated carbocycles. The van der Waals surface area contributed by atoms with Crippen LogP contribution in [-0.4, -0.2) is 15.0 Å². The minimum absolute atomic E-state index is 0.568. The summed E-state index contributed by atoms with van der Waals surface area (Å²) in [5.74, 6) is 0.568. The van der Waals surface area contributed by atoms with E-state index < -0.39 is 0 Å². The first kappa shape index (κ1) is 8.62. The number of hydrogen-bond donors (Lipinski definition) is 1. The van der Waals surface area contributed by atoms with Crippen LogP contribution >= 0.6 is 0 Å². The Morgan fingerprint density at radius 3 is 2.93 bits per heavy atom. The molecule has 1 N–H and O–H groups in total. The van der Waals surface area contributed by atoms with E-state index >= 15 is 0 Å². The van der Waals surface area contributed by atoms with Crippen LogP contribution < -0.4 is 5.32 Å². The number of nitrogens with zero attached hydrogens (tertiary/aromatic N) is 3. The van der Waals surface area contributed by atoms with Gasteiger partial charge in [-0.1, -0.05) is 6.07 Å². The van der Waals surface area contributed by atoms with Crippen molar-refractivity contribution in [3.63, 3.8) is 0 Å². The van der Waals surface area contributed by atoms with Crippen molar-refractivity contribution >= 4 is 5.95 Å². The summed E-state index contributed by atoms with van der Waals surface area (Å²) < 4.78 is 0. The van der Waals surface area contributed by atoms with E-state index in [9.17, 15) is 0 Å². The maximum Gasteiger partial charge on any atom is 0.223 e. The summed E-state index contributed by atoms with van der Waals surface area (Å²) in [5, 5.41) is 3.04. The molecular weight excluding hydrogens is 176 g/mol. The minimum atomic E-state index is 0.568. The molecule has 0 unspecified atom stereocenters. The first-order valence-corrected chi connectivity index (χ1v) is 4.28. The second kappa shape index (κ2) is 4.32. The predicted octanol–water partition coefficient (Wildman–Crippen LogP) is 1.28. The van der Waals surface area contributed by atoms with Gasteiger partial charge < -0.3 is 5.32 Å². The van der Waals surface area contributed by atoms with Gasteiger partial charge in [-0.05, 0) is 18.2 Å². The monoisotopic (exact) mass is 185 g/mol. The molecule has 0 aliphatic heterocycles.